The minimum atomic E-state index is 0.799. The van der Waals surface area contributed by atoms with Crippen molar-refractivity contribution in [3.63, 3.8) is 0 Å². The average Bonchev–Trinajstić information content (AvgIpc) is 2.85. The van der Waals surface area contributed by atoms with Gasteiger partial charge in [0.1, 0.15) is 0 Å². The first-order valence-electron chi connectivity index (χ1n) is 5.82. The van der Waals surface area contributed by atoms with Crippen LogP contribution in [-0.4, -0.2) is 16.3 Å². The highest BCUT2D eigenvalue weighted by Crippen LogP contribution is 2.06. The Kier molecular flexibility index (Phi) is 4.11. The van der Waals surface area contributed by atoms with Crippen molar-refractivity contribution in [3.8, 4) is 5.69 Å². The van der Waals surface area contributed by atoms with Crippen molar-refractivity contribution in [3.05, 3.63) is 60.9 Å². The zero-order chi connectivity index (χ0) is 11.9. The smallest absolute Gasteiger partial charge is 0.0766 e. The van der Waals surface area contributed by atoms with Gasteiger partial charge in [-0.1, -0.05) is 24.3 Å². The first kappa shape index (κ1) is 11.6. The molecule has 0 amide bonds. The molecule has 2 rings (SSSR count). The van der Waals surface area contributed by atoms with Crippen molar-refractivity contribution in [2.24, 2.45) is 0 Å². The minimum Gasteiger partial charge on any atom is -0.311 e. The van der Waals surface area contributed by atoms with Crippen LogP contribution in [0.1, 0.15) is 12.1 Å². The van der Waals surface area contributed by atoms with Gasteiger partial charge in [0, 0.05) is 12.7 Å². The second-order valence-electron chi connectivity index (χ2n) is 3.84. The second kappa shape index (κ2) is 6.01. The van der Waals surface area contributed by atoms with E-state index in [1.165, 1.54) is 0 Å². The van der Waals surface area contributed by atoms with Crippen molar-refractivity contribution in [1.29, 1.82) is 0 Å². The maximum absolute atomic E-state index is 4.51. The van der Waals surface area contributed by atoms with Gasteiger partial charge in [-0.15, -0.1) is 6.58 Å². The van der Waals surface area contributed by atoms with Gasteiger partial charge < -0.3 is 5.32 Å². The molecule has 0 saturated heterocycles. The average molecular weight is 227 g/mol. The molecule has 3 nitrogen and oxygen atoms in total. The second-order valence-corrected chi connectivity index (χ2v) is 3.84. The molecule has 1 aromatic heterocycles. The Balaban J connectivity index is 1.94. The van der Waals surface area contributed by atoms with Gasteiger partial charge in [-0.3, -0.25) is 0 Å². The molecule has 0 atom stereocenters. The lowest BCUT2D eigenvalue weighted by Gasteiger charge is -2.01. The van der Waals surface area contributed by atoms with Gasteiger partial charge in [0.2, 0.25) is 0 Å². The highest BCUT2D eigenvalue weighted by molar-refractivity contribution is 5.30. The van der Waals surface area contributed by atoms with Crippen molar-refractivity contribution in [2.45, 2.75) is 13.0 Å². The van der Waals surface area contributed by atoms with Crippen LogP contribution in [0.5, 0.6) is 0 Å². The van der Waals surface area contributed by atoms with Crippen LogP contribution in [0.4, 0.5) is 0 Å². The van der Waals surface area contributed by atoms with E-state index >= 15 is 0 Å². The lowest BCUT2D eigenvalue weighted by atomic mass is 10.3. The number of para-hydroxylation sites is 1. The van der Waals surface area contributed by atoms with Crippen LogP contribution in [0.2, 0.25) is 0 Å². The highest BCUT2D eigenvalue weighted by atomic mass is 15.3. The summed E-state index contributed by atoms with van der Waals surface area (Å²) in [6.45, 7) is 5.43. The van der Waals surface area contributed by atoms with Crippen LogP contribution in [0.15, 0.2) is 55.3 Å². The van der Waals surface area contributed by atoms with E-state index in [1.54, 1.807) is 0 Å². The summed E-state index contributed by atoms with van der Waals surface area (Å²) >= 11 is 0. The summed E-state index contributed by atoms with van der Waals surface area (Å²) in [7, 11) is 0. The zero-order valence-electron chi connectivity index (χ0n) is 9.84. The van der Waals surface area contributed by atoms with E-state index in [9.17, 15) is 0 Å². The zero-order valence-corrected chi connectivity index (χ0v) is 9.84. The summed E-state index contributed by atoms with van der Waals surface area (Å²) in [5, 5.41) is 7.83. The quantitative estimate of drug-likeness (QED) is 0.607. The Morgan fingerprint density at radius 3 is 2.82 bits per heavy atom. The van der Waals surface area contributed by atoms with Crippen molar-refractivity contribution in [1.82, 2.24) is 15.1 Å². The lowest BCUT2D eigenvalue weighted by Crippen LogP contribution is -2.14. The minimum absolute atomic E-state index is 0.799. The fourth-order valence-electron chi connectivity index (χ4n) is 1.60. The van der Waals surface area contributed by atoms with Crippen LogP contribution in [-0.2, 0) is 6.54 Å². The number of hydrogen-bond donors (Lipinski definition) is 1. The third-order valence-corrected chi connectivity index (χ3v) is 2.50. The fraction of sp³-hybridized carbons (Fsp3) is 0.214. The van der Waals surface area contributed by atoms with Gasteiger partial charge in [0.05, 0.1) is 11.4 Å². The Labute approximate surface area is 102 Å². The predicted molar refractivity (Wildman–Crippen MR) is 70.1 cm³/mol. The molecule has 0 aliphatic heterocycles. The number of rotatable bonds is 6. The topological polar surface area (TPSA) is 29.9 Å². The van der Waals surface area contributed by atoms with Gasteiger partial charge in [0.15, 0.2) is 0 Å². The number of benzene rings is 1. The first-order valence-corrected chi connectivity index (χ1v) is 5.82. The van der Waals surface area contributed by atoms with Crippen molar-refractivity contribution < 1.29 is 0 Å². The summed E-state index contributed by atoms with van der Waals surface area (Å²) in [6, 6.07) is 12.2. The van der Waals surface area contributed by atoms with Crippen molar-refractivity contribution >= 4 is 0 Å². The number of aromatic nitrogens is 2. The summed E-state index contributed by atoms with van der Waals surface area (Å²) in [5.41, 5.74) is 2.14. The van der Waals surface area contributed by atoms with Gasteiger partial charge in [-0.25, -0.2) is 4.68 Å². The Morgan fingerprint density at radius 1 is 1.24 bits per heavy atom. The van der Waals surface area contributed by atoms with E-state index in [-0.39, 0.29) is 0 Å². The van der Waals surface area contributed by atoms with E-state index in [0.717, 1.165) is 30.9 Å². The third kappa shape index (κ3) is 3.29. The van der Waals surface area contributed by atoms with Crippen LogP contribution in [0.3, 0.4) is 0 Å². The van der Waals surface area contributed by atoms with Crippen molar-refractivity contribution in [2.75, 3.05) is 6.54 Å². The van der Waals surface area contributed by atoms with E-state index in [2.05, 4.69) is 17.0 Å². The molecular formula is C14H17N3. The molecule has 0 saturated carbocycles. The molecule has 2 aromatic rings. The fourth-order valence-corrected chi connectivity index (χ4v) is 1.60. The summed E-state index contributed by atoms with van der Waals surface area (Å²) in [6.07, 6.45) is 4.88. The predicted octanol–water partition coefficient (Wildman–Crippen LogP) is 2.54. The molecule has 0 spiro atoms. The summed E-state index contributed by atoms with van der Waals surface area (Å²) in [5.74, 6) is 0. The summed E-state index contributed by atoms with van der Waals surface area (Å²) in [4.78, 5) is 0. The summed E-state index contributed by atoms with van der Waals surface area (Å²) < 4.78 is 1.89. The molecule has 0 unspecified atom stereocenters. The Morgan fingerprint density at radius 2 is 2.06 bits per heavy atom. The standard InChI is InChI=1S/C14H17N3/c1-2-3-10-15-12-13-9-11-17(16-13)14-7-5-4-6-8-14/h2,4-9,11,15H,1,3,10,12H2. The normalized spacial score (nSPS) is 10.4. The molecule has 17 heavy (non-hydrogen) atoms. The molecule has 3 heteroatoms. The molecule has 0 aliphatic rings. The van der Waals surface area contributed by atoms with Crippen LogP contribution in [0, 0.1) is 0 Å². The molecule has 0 bridgehead atoms. The molecule has 88 valence electrons. The third-order valence-electron chi connectivity index (χ3n) is 2.50. The SMILES string of the molecule is C=CCCNCc1ccn(-c2ccccc2)n1. The number of nitrogens with one attached hydrogen (secondary N) is 1. The van der Waals surface area contributed by atoms with E-state index in [1.807, 2.05) is 53.4 Å². The Hall–Kier alpha value is -1.87. The van der Waals surface area contributed by atoms with E-state index < -0.39 is 0 Å². The lowest BCUT2D eigenvalue weighted by molar-refractivity contribution is 0.673. The van der Waals surface area contributed by atoms with Gasteiger partial charge in [-0.2, -0.15) is 5.10 Å². The monoisotopic (exact) mass is 227 g/mol. The molecule has 1 N–H and O–H groups in total. The Bertz CT molecular complexity index is 459. The number of hydrogen-bond acceptors (Lipinski definition) is 2. The molecular weight excluding hydrogens is 210 g/mol. The largest absolute Gasteiger partial charge is 0.311 e. The van der Waals surface area contributed by atoms with Gasteiger partial charge in [0.25, 0.3) is 0 Å². The maximum atomic E-state index is 4.51. The highest BCUT2D eigenvalue weighted by Gasteiger charge is 1.99. The van der Waals surface area contributed by atoms with Gasteiger partial charge in [-0.05, 0) is 31.2 Å². The molecule has 0 fully saturated rings. The molecule has 1 aromatic carbocycles. The van der Waals surface area contributed by atoms with Crippen LogP contribution in [0.25, 0.3) is 5.69 Å². The first-order chi connectivity index (χ1) is 8.40. The molecule has 1 heterocycles. The van der Waals surface area contributed by atoms with E-state index in [4.69, 9.17) is 0 Å². The van der Waals surface area contributed by atoms with Crippen LogP contribution >= 0.6 is 0 Å². The van der Waals surface area contributed by atoms with Gasteiger partial charge >= 0.3 is 0 Å². The van der Waals surface area contributed by atoms with Crippen LogP contribution < -0.4 is 5.32 Å². The molecule has 0 radical (unpaired) electrons. The number of nitrogens with zero attached hydrogens (tertiary/aromatic N) is 2. The van der Waals surface area contributed by atoms with E-state index in [0.29, 0.717) is 0 Å². The molecule has 0 aliphatic carbocycles. The maximum Gasteiger partial charge on any atom is 0.0766 e.